The van der Waals surface area contributed by atoms with Gasteiger partial charge in [0.15, 0.2) is 0 Å². The van der Waals surface area contributed by atoms with Gasteiger partial charge in [0.25, 0.3) is 0 Å². The largest absolute Gasteiger partial charge is 0.393 e. The second-order valence-electron chi connectivity index (χ2n) is 4.23. The SMILES string of the molecule is O[C@@H]1[C@H](O)[C@H](O)[C@H]2OCC[C@@H](O)[C@@H]2[C@H]1O. The second kappa shape index (κ2) is 3.97. The van der Waals surface area contributed by atoms with E-state index in [2.05, 4.69) is 0 Å². The predicted octanol–water partition coefficient (Wildman–Crippen LogP) is -2.79. The molecule has 1 aliphatic carbocycles. The fourth-order valence-electron chi connectivity index (χ4n) is 2.42. The maximum Gasteiger partial charge on any atom is 0.111 e. The number of aliphatic hydroxyl groups excluding tert-OH is 5. The third kappa shape index (κ3) is 1.67. The highest BCUT2D eigenvalue weighted by Crippen LogP contribution is 2.34. The average Bonchev–Trinajstić information content (AvgIpc) is 2.23. The van der Waals surface area contributed by atoms with Crippen LogP contribution in [0.2, 0.25) is 0 Å². The lowest BCUT2D eigenvalue weighted by Crippen LogP contribution is -2.65. The topological polar surface area (TPSA) is 110 Å². The van der Waals surface area contributed by atoms with Crippen LogP contribution in [0.1, 0.15) is 6.42 Å². The van der Waals surface area contributed by atoms with Gasteiger partial charge in [-0.15, -0.1) is 0 Å². The van der Waals surface area contributed by atoms with Crippen molar-refractivity contribution in [3.63, 3.8) is 0 Å². The smallest absolute Gasteiger partial charge is 0.111 e. The number of hydrogen-bond acceptors (Lipinski definition) is 6. The third-order valence-electron chi connectivity index (χ3n) is 3.33. The molecule has 0 spiro atoms. The lowest BCUT2D eigenvalue weighted by atomic mass is 9.74. The summed E-state index contributed by atoms with van der Waals surface area (Å²) in [5.74, 6) is -0.743. The van der Waals surface area contributed by atoms with E-state index in [0.29, 0.717) is 6.42 Å². The molecule has 5 N–H and O–H groups in total. The van der Waals surface area contributed by atoms with Crippen LogP contribution in [0.25, 0.3) is 0 Å². The van der Waals surface area contributed by atoms with Gasteiger partial charge in [0.2, 0.25) is 0 Å². The Kier molecular flexibility index (Phi) is 2.98. The normalized spacial score (nSPS) is 56.2. The van der Waals surface area contributed by atoms with E-state index >= 15 is 0 Å². The second-order valence-corrected chi connectivity index (χ2v) is 4.23. The summed E-state index contributed by atoms with van der Waals surface area (Å²) in [5.41, 5.74) is 0. The van der Waals surface area contributed by atoms with Crippen LogP contribution < -0.4 is 0 Å². The minimum Gasteiger partial charge on any atom is -0.393 e. The summed E-state index contributed by atoms with van der Waals surface area (Å²) in [4.78, 5) is 0. The molecule has 2 aliphatic rings. The summed E-state index contributed by atoms with van der Waals surface area (Å²) < 4.78 is 5.21. The molecule has 2 fully saturated rings. The fourth-order valence-corrected chi connectivity index (χ4v) is 2.42. The van der Waals surface area contributed by atoms with Crippen molar-refractivity contribution in [2.24, 2.45) is 5.92 Å². The molecule has 15 heavy (non-hydrogen) atoms. The van der Waals surface area contributed by atoms with E-state index in [1.807, 2.05) is 0 Å². The first-order chi connectivity index (χ1) is 7.04. The molecule has 6 heteroatoms. The molecule has 1 heterocycles. The van der Waals surface area contributed by atoms with Crippen molar-refractivity contribution < 1.29 is 30.3 Å². The van der Waals surface area contributed by atoms with Crippen LogP contribution in [0.5, 0.6) is 0 Å². The van der Waals surface area contributed by atoms with Gasteiger partial charge in [0.1, 0.15) is 18.3 Å². The Balaban J connectivity index is 2.22. The molecule has 1 saturated heterocycles. The zero-order valence-corrected chi connectivity index (χ0v) is 8.10. The van der Waals surface area contributed by atoms with Crippen LogP contribution in [0.4, 0.5) is 0 Å². The molecule has 88 valence electrons. The van der Waals surface area contributed by atoms with Gasteiger partial charge in [0, 0.05) is 12.5 Å². The summed E-state index contributed by atoms with van der Waals surface area (Å²) in [6.07, 6.45) is -6.72. The summed E-state index contributed by atoms with van der Waals surface area (Å²) >= 11 is 0. The molecule has 0 aromatic rings. The first kappa shape index (κ1) is 11.3. The zero-order chi connectivity index (χ0) is 11.2. The van der Waals surface area contributed by atoms with Crippen molar-refractivity contribution in [1.29, 1.82) is 0 Å². The number of ether oxygens (including phenoxy) is 1. The Morgan fingerprint density at radius 2 is 1.40 bits per heavy atom. The molecule has 0 aromatic heterocycles. The van der Waals surface area contributed by atoms with E-state index in [1.54, 1.807) is 0 Å². The Hall–Kier alpha value is -0.240. The van der Waals surface area contributed by atoms with E-state index in [-0.39, 0.29) is 6.61 Å². The van der Waals surface area contributed by atoms with Gasteiger partial charge in [-0.25, -0.2) is 0 Å². The van der Waals surface area contributed by atoms with E-state index in [4.69, 9.17) is 4.74 Å². The Bertz CT molecular complexity index is 235. The van der Waals surface area contributed by atoms with E-state index < -0.39 is 42.5 Å². The van der Waals surface area contributed by atoms with Crippen molar-refractivity contribution in [3.05, 3.63) is 0 Å². The molecule has 0 bridgehead atoms. The highest BCUT2D eigenvalue weighted by molar-refractivity contribution is 5.02. The van der Waals surface area contributed by atoms with Gasteiger partial charge in [-0.2, -0.15) is 0 Å². The van der Waals surface area contributed by atoms with Crippen LogP contribution in [-0.4, -0.2) is 68.8 Å². The van der Waals surface area contributed by atoms with Crippen LogP contribution in [0, 0.1) is 5.92 Å². The maximum atomic E-state index is 9.67. The third-order valence-corrected chi connectivity index (χ3v) is 3.33. The predicted molar refractivity (Wildman–Crippen MR) is 47.9 cm³/mol. The summed E-state index contributed by atoms with van der Waals surface area (Å²) in [6.45, 7) is 0.273. The maximum absolute atomic E-state index is 9.67. The van der Waals surface area contributed by atoms with Crippen molar-refractivity contribution in [1.82, 2.24) is 0 Å². The molecule has 0 radical (unpaired) electrons. The van der Waals surface area contributed by atoms with E-state index in [9.17, 15) is 25.5 Å². The molecule has 2 rings (SSSR count). The zero-order valence-electron chi connectivity index (χ0n) is 8.10. The van der Waals surface area contributed by atoms with Crippen molar-refractivity contribution in [3.8, 4) is 0 Å². The summed E-state index contributed by atoms with van der Waals surface area (Å²) in [7, 11) is 0. The van der Waals surface area contributed by atoms with Gasteiger partial charge < -0.3 is 30.3 Å². The average molecular weight is 220 g/mol. The lowest BCUT2D eigenvalue weighted by molar-refractivity contribution is -0.250. The highest BCUT2D eigenvalue weighted by atomic mass is 16.5. The number of hydrogen-bond donors (Lipinski definition) is 5. The summed E-state index contributed by atoms with van der Waals surface area (Å²) in [6, 6.07) is 0. The quantitative estimate of drug-likeness (QED) is 0.302. The van der Waals surface area contributed by atoms with E-state index in [0.717, 1.165) is 0 Å². The summed E-state index contributed by atoms with van der Waals surface area (Å²) in [5, 5.41) is 47.8. The molecular formula is C9H16O6. The van der Waals surface area contributed by atoms with Crippen molar-refractivity contribution >= 4 is 0 Å². The molecule has 1 saturated carbocycles. The number of fused-ring (bicyclic) bond motifs is 1. The molecule has 0 amide bonds. The van der Waals surface area contributed by atoms with Crippen LogP contribution in [0.3, 0.4) is 0 Å². The van der Waals surface area contributed by atoms with Gasteiger partial charge in [-0.05, 0) is 6.42 Å². The van der Waals surface area contributed by atoms with Crippen molar-refractivity contribution in [2.45, 2.75) is 43.0 Å². The first-order valence-corrected chi connectivity index (χ1v) is 5.06. The highest BCUT2D eigenvalue weighted by Gasteiger charge is 2.53. The van der Waals surface area contributed by atoms with Crippen LogP contribution >= 0.6 is 0 Å². The monoisotopic (exact) mass is 220 g/mol. The fraction of sp³-hybridized carbons (Fsp3) is 1.00. The van der Waals surface area contributed by atoms with Gasteiger partial charge >= 0.3 is 0 Å². The van der Waals surface area contributed by atoms with Gasteiger partial charge in [-0.3, -0.25) is 0 Å². The van der Waals surface area contributed by atoms with Gasteiger partial charge in [-0.1, -0.05) is 0 Å². The molecule has 0 aromatic carbocycles. The molecule has 6 nitrogen and oxygen atoms in total. The van der Waals surface area contributed by atoms with Crippen molar-refractivity contribution in [2.75, 3.05) is 6.61 Å². The lowest BCUT2D eigenvalue weighted by Gasteiger charge is -2.48. The number of rotatable bonds is 0. The minimum atomic E-state index is -1.45. The Morgan fingerprint density at radius 1 is 0.800 bits per heavy atom. The Labute approximate surface area is 86.7 Å². The minimum absolute atomic E-state index is 0.273. The van der Waals surface area contributed by atoms with Gasteiger partial charge in [0.05, 0.1) is 18.3 Å². The van der Waals surface area contributed by atoms with E-state index in [1.165, 1.54) is 0 Å². The van der Waals surface area contributed by atoms with Crippen LogP contribution in [-0.2, 0) is 4.74 Å². The first-order valence-electron chi connectivity index (χ1n) is 5.06. The molecule has 1 aliphatic heterocycles. The standard InChI is InChI=1S/C9H16O6/c10-3-1-2-15-9-4(3)5(11)6(12)7(13)8(9)14/h3-14H,1-2H2/t3-,4-,5-,6+,7+,8+,9+/m1/s1. The molecular weight excluding hydrogens is 204 g/mol. The van der Waals surface area contributed by atoms with Crippen LogP contribution in [0.15, 0.2) is 0 Å². The number of aliphatic hydroxyl groups is 5. The molecule has 0 unspecified atom stereocenters. The molecule has 7 atom stereocenters. The Morgan fingerprint density at radius 3 is 2.07 bits per heavy atom.